The second-order valence-corrected chi connectivity index (χ2v) is 6.97. The first-order chi connectivity index (χ1) is 13.7. The van der Waals surface area contributed by atoms with E-state index in [1.807, 2.05) is 41.1 Å². The van der Waals surface area contributed by atoms with Crippen molar-refractivity contribution in [3.8, 4) is 17.4 Å². The van der Waals surface area contributed by atoms with Crippen LogP contribution < -0.4 is 0 Å². The van der Waals surface area contributed by atoms with Crippen LogP contribution in [0.2, 0.25) is 0 Å². The van der Waals surface area contributed by atoms with Gasteiger partial charge in [0.05, 0.1) is 36.2 Å². The molecule has 7 heteroatoms. The van der Waals surface area contributed by atoms with E-state index in [0.29, 0.717) is 30.1 Å². The Morgan fingerprint density at radius 2 is 2.07 bits per heavy atom. The maximum Gasteiger partial charge on any atom is 0.135 e. The van der Waals surface area contributed by atoms with Crippen LogP contribution in [0.1, 0.15) is 35.2 Å². The van der Waals surface area contributed by atoms with E-state index < -0.39 is 6.10 Å². The molecule has 1 aliphatic heterocycles. The van der Waals surface area contributed by atoms with Gasteiger partial charge in [-0.3, -0.25) is 9.58 Å². The highest BCUT2D eigenvalue weighted by molar-refractivity contribution is 5.66. The number of hydrogen-bond acceptors (Lipinski definition) is 6. The van der Waals surface area contributed by atoms with Crippen molar-refractivity contribution in [2.45, 2.75) is 32.2 Å². The second kappa shape index (κ2) is 7.98. The fraction of sp³-hybridized carbons (Fsp3) is 0.333. The van der Waals surface area contributed by atoms with Gasteiger partial charge in [-0.2, -0.15) is 10.4 Å². The summed E-state index contributed by atoms with van der Waals surface area (Å²) >= 11 is 0. The summed E-state index contributed by atoms with van der Waals surface area (Å²) in [4.78, 5) is 2.27. The Balaban J connectivity index is 1.50. The molecule has 28 heavy (non-hydrogen) atoms. The molecule has 3 aromatic rings. The van der Waals surface area contributed by atoms with E-state index in [9.17, 15) is 10.4 Å². The van der Waals surface area contributed by atoms with Crippen LogP contribution in [0.4, 0.5) is 0 Å². The Labute approximate surface area is 163 Å². The van der Waals surface area contributed by atoms with E-state index in [1.54, 1.807) is 6.07 Å². The van der Waals surface area contributed by atoms with Crippen molar-refractivity contribution in [2.75, 3.05) is 13.2 Å². The van der Waals surface area contributed by atoms with Crippen LogP contribution in [0, 0.1) is 11.3 Å². The van der Waals surface area contributed by atoms with Crippen molar-refractivity contribution in [3.05, 3.63) is 65.2 Å². The molecule has 0 saturated carbocycles. The van der Waals surface area contributed by atoms with Gasteiger partial charge in [0, 0.05) is 25.2 Å². The first-order valence-electron chi connectivity index (χ1n) is 9.34. The number of furan rings is 1. The lowest BCUT2D eigenvalue weighted by Gasteiger charge is -2.17. The van der Waals surface area contributed by atoms with E-state index in [1.165, 1.54) is 0 Å². The lowest BCUT2D eigenvalue weighted by atomic mass is 10.1. The number of fused-ring (bicyclic) bond motifs is 1. The summed E-state index contributed by atoms with van der Waals surface area (Å²) in [7, 11) is 0. The number of hydrogen-bond donors (Lipinski definition) is 2. The lowest BCUT2D eigenvalue weighted by molar-refractivity contribution is 0.0916. The van der Waals surface area contributed by atoms with Gasteiger partial charge in [-0.05, 0) is 36.8 Å². The first kappa shape index (κ1) is 18.4. The number of benzene rings is 1. The summed E-state index contributed by atoms with van der Waals surface area (Å²) in [5.41, 5.74) is 2.92. The molecule has 1 aliphatic rings. The summed E-state index contributed by atoms with van der Waals surface area (Å²) in [5.74, 6) is 1.53. The van der Waals surface area contributed by atoms with Gasteiger partial charge < -0.3 is 14.6 Å². The number of aliphatic hydroxyl groups excluding tert-OH is 2. The summed E-state index contributed by atoms with van der Waals surface area (Å²) in [5, 5.41) is 32.7. The van der Waals surface area contributed by atoms with Crippen molar-refractivity contribution in [1.82, 2.24) is 14.7 Å². The number of aliphatic hydroxyl groups is 2. The van der Waals surface area contributed by atoms with Gasteiger partial charge in [0.1, 0.15) is 17.6 Å². The van der Waals surface area contributed by atoms with Crippen LogP contribution in [-0.4, -0.2) is 38.0 Å². The molecule has 1 atom stereocenters. The number of aromatic nitrogens is 2. The highest BCUT2D eigenvalue weighted by atomic mass is 16.3. The molecular weight excluding hydrogens is 356 g/mol. The zero-order valence-corrected chi connectivity index (χ0v) is 15.5. The SMILES string of the molecule is N#Cc1ccccc1-c1ccc(CN2CCCn3nc(C(O)CO)cc3C2)o1. The topological polar surface area (TPSA) is 98.5 Å². The summed E-state index contributed by atoms with van der Waals surface area (Å²) in [6.07, 6.45) is -0.00512. The summed E-state index contributed by atoms with van der Waals surface area (Å²) < 4.78 is 7.92. The van der Waals surface area contributed by atoms with Crippen molar-refractivity contribution in [3.63, 3.8) is 0 Å². The van der Waals surface area contributed by atoms with Gasteiger partial charge in [0.25, 0.3) is 0 Å². The quantitative estimate of drug-likeness (QED) is 0.708. The van der Waals surface area contributed by atoms with Gasteiger partial charge >= 0.3 is 0 Å². The molecule has 1 unspecified atom stereocenters. The van der Waals surface area contributed by atoms with E-state index in [-0.39, 0.29) is 6.61 Å². The van der Waals surface area contributed by atoms with Crippen LogP contribution in [0.25, 0.3) is 11.3 Å². The van der Waals surface area contributed by atoms with Crippen molar-refractivity contribution in [1.29, 1.82) is 5.26 Å². The predicted molar refractivity (Wildman–Crippen MR) is 102 cm³/mol. The van der Waals surface area contributed by atoms with E-state index in [2.05, 4.69) is 16.1 Å². The minimum absolute atomic E-state index is 0.334. The smallest absolute Gasteiger partial charge is 0.135 e. The van der Waals surface area contributed by atoms with Gasteiger partial charge in [0.2, 0.25) is 0 Å². The summed E-state index contributed by atoms with van der Waals surface area (Å²) in [6.45, 7) is 2.70. The van der Waals surface area contributed by atoms with Gasteiger partial charge in [-0.1, -0.05) is 12.1 Å². The summed E-state index contributed by atoms with van der Waals surface area (Å²) in [6, 6.07) is 15.3. The average Bonchev–Trinajstić information content (AvgIpc) is 3.30. The molecule has 144 valence electrons. The average molecular weight is 378 g/mol. The zero-order chi connectivity index (χ0) is 19.5. The molecule has 0 bridgehead atoms. The molecule has 1 aromatic carbocycles. The Hall–Kier alpha value is -2.92. The molecular formula is C21H22N4O3. The van der Waals surface area contributed by atoms with E-state index >= 15 is 0 Å². The second-order valence-electron chi connectivity index (χ2n) is 6.97. The maximum absolute atomic E-state index is 9.83. The highest BCUT2D eigenvalue weighted by Gasteiger charge is 2.20. The molecule has 7 nitrogen and oxygen atoms in total. The predicted octanol–water partition coefficient (Wildman–Crippen LogP) is 2.45. The van der Waals surface area contributed by atoms with E-state index in [4.69, 9.17) is 9.52 Å². The molecule has 0 fully saturated rings. The Bertz CT molecular complexity index is 1000. The van der Waals surface area contributed by atoms with E-state index in [0.717, 1.165) is 36.5 Å². The Morgan fingerprint density at radius 1 is 1.21 bits per heavy atom. The molecule has 2 aromatic heterocycles. The lowest BCUT2D eigenvalue weighted by Crippen LogP contribution is -2.22. The normalized spacial score (nSPS) is 15.6. The minimum atomic E-state index is -0.944. The Kier molecular flexibility index (Phi) is 5.26. The number of rotatable bonds is 5. The number of nitriles is 1. The largest absolute Gasteiger partial charge is 0.460 e. The molecule has 0 amide bonds. The van der Waals surface area contributed by atoms with Crippen LogP contribution in [0.5, 0.6) is 0 Å². The van der Waals surface area contributed by atoms with Crippen LogP contribution in [0.3, 0.4) is 0 Å². The fourth-order valence-corrected chi connectivity index (χ4v) is 3.57. The van der Waals surface area contributed by atoms with Crippen molar-refractivity contribution >= 4 is 0 Å². The van der Waals surface area contributed by atoms with Crippen molar-refractivity contribution in [2.24, 2.45) is 0 Å². The Morgan fingerprint density at radius 3 is 2.89 bits per heavy atom. The van der Waals surface area contributed by atoms with Crippen LogP contribution in [0.15, 0.2) is 46.9 Å². The fourth-order valence-electron chi connectivity index (χ4n) is 3.57. The number of nitrogens with zero attached hydrogens (tertiary/aromatic N) is 4. The standard InChI is InChI=1S/C21H22N4O3/c22-11-15-4-1-2-5-18(15)21-7-6-17(28-21)13-24-8-3-9-25-16(12-24)10-19(23-25)20(27)14-26/h1-2,4-7,10,20,26-27H,3,8-9,12-14H2. The third-order valence-corrected chi connectivity index (χ3v) is 4.98. The monoisotopic (exact) mass is 378 g/mol. The molecule has 0 spiro atoms. The maximum atomic E-state index is 9.83. The molecule has 4 rings (SSSR count). The van der Waals surface area contributed by atoms with Crippen LogP contribution >= 0.6 is 0 Å². The number of aryl methyl sites for hydroxylation is 1. The van der Waals surface area contributed by atoms with Gasteiger partial charge in [-0.15, -0.1) is 0 Å². The van der Waals surface area contributed by atoms with Gasteiger partial charge in [0.15, 0.2) is 0 Å². The third-order valence-electron chi connectivity index (χ3n) is 4.98. The zero-order valence-electron chi connectivity index (χ0n) is 15.5. The van der Waals surface area contributed by atoms with Gasteiger partial charge in [-0.25, -0.2) is 0 Å². The molecule has 2 N–H and O–H groups in total. The minimum Gasteiger partial charge on any atom is -0.460 e. The van der Waals surface area contributed by atoms with Crippen molar-refractivity contribution < 1.29 is 14.6 Å². The molecule has 0 radical (unpaired) electrons. The first-order valence-corrected chi connectivity index (χ1v) is 9.34. The molecule has 3 heterocycles. The van der Waals surface area contributed by atoms with Crippen LogP contribution in [-0.2, 0) is 19.6 Å². The highest BCUT2D eigenvalue weighted by Crippen LogP contribution is 2.27. The molecule has 0 saturated heterocycles. The molecule has 0 aliphatic carbocycles. The third kappa shape index (κ3) is 3.71.